The Hall–Kier alpha value is -1.22. The lowest BCUT2D eigenvalue weighted by atomic mass is 10.0. The molecule has 0 spiro atoms. The Morgan fingerprint density at radius 1 is 1.57 bits per heavy atom. The van der Waals surface area contributed by atoms with Gasteiger partial charge in [-0.25, -0.2) is 0 Å². The molecule has 1 aromatic rings. The van der Waals surface area contributed by atoms with E-state index in [1.165, 1.54) is 0 Å². The maximum atomic E-state index is 11.4. The van der Waals surface area contributed by atoms with Gasteiger partial charge in [-0.3, -0.25) is 9.78 Å². The van der Waals surface area contributed by atoms with Crippen molar-refractivity contribution in [3.05, 3.63) is 29.6 Å². The summed E-state index contributed by atoms with van der Waals surface area (Å²) in [6, 6.07) is 3.75. The Bertz CT molecular complexity index is 321. The molecule has 0 aliphatic heterocycles. The predicted molar refractivity (Wildman–Crippen MR) is 55.7 cm³/mol. The zero-order valence-corrected chi connectivity index (χ0v) is 8.66. The number of pyridine rings is 1. The van der Waals surface area contributed by atoms with Crippen LogP contribution in [-0.2, 0) is 17.8 Å². The van der Waals surface area contributed by atoms with Crippen molar-refractivity contribution in [2.24, 2.45) is 11.7 Å². The smallest absolute Gasteiger partial charge is 0.141 e. The largest absolute Gasteiger partial charge is 0.326 e. The molecule has 0 saturated carbocycles. The quantitative estimate of drug-likeness (QED) is 0.782. The van der Waals surface area contributed by atoms with Crippen molar-refractivity contribution >= 4 is 5.78 Å². The molecule has 0 radical (unpaired) electrons. The van der Waals surface area contributed by atoms with Gasteiger partial charge in [0, 0.05) is 30.8 Å². The highest BCUT2D eigenvalue weighted by Crippen LogP contribution is 2.05. The maximum Gasteiger partial charge on any atom is 0.141 e. The van der Waals surface area contributed by atoms with Crippen LogP contribution in [0.15, 0.2) is 18.3 Å². The minimum Gasteiger partial charge on any atom is -0.326 e. The first-order chi connectivity index (χ1) is 6.63. The molecule has 0 aromatic carbocycles. The number of hydrogen-bond donors (Lipinski definition) is 1. The molecule has 3 nitrogen and oxygen atoms in total. The number of rotatable bonds is 4. The third kappa shape index (κ3) is 2.92. The zero-order chi connectivity index (χ0) is 10.6. The van der Waals surface area contributed by atoms with E-state index in [0.29, 0.717) is 13.0 Å². The van der Waals surface area contributed by atoms with Gasteiger partial charge in [0.25, 0.3) is 0 Å². The highest BCUT2D eigenvalue weighted by atomic mass is 16.1. The summed E-state index contributed by atoms with van der Waals surface area (Å²) >= 11 is 0. The van der Waals surface area contributed by atoms with Gasteiger partial charge in [0.05, 0.1) is 0 Å². The molecule has 0 aliphatic carbocycles. The maximum absolute atomic E-state index is 11.4. The second-order valence-corrected chi connectivity index (χ2v) is 3.66. The normalized spacial score (nSPS) is 10.6. The summed E-state index contributed by atoms with van der Waals surface area (Å²) in [7, 11) is 0. The zero-order valence-electron chi connectivity index (χ0n) is 8.66. The number of Topliss-reactive ketones (excluding diaryl/α,β-unsaturated/α-hetero) is 1. The molecule has 76 valence electrons. The van der Waals surface area contributed by atoms with Crippen LogP contribution in [0, 0.1) is 5.92 Å². The lowest BCUT2D eigenvalue weighted by molar-refractivity contribution is -0.121. The minimum atomic E-state index is 0.0679. The lowest BCUT2D eigenvalue weighted by Gasteiger charge is -2.04. The summed E-state index contributed by atoms with van der Waals surface area (Å²) in [5.74, 6) is 0.282. The van der Waals surface area contributed by atoms with Gasteiger partial charge in [-0.2, -0.15) is 0 Å². The first kappa shape index (κ1) is 10.9. The van der Waals surface area contributed by atoms with Gasteiger partial charge in [0.2, 0.25) is 0 Å². The standard InChI is InChI=1S/C11H16N2O/c1-8(2)11(14)6-10-5-9(7-12)3-4-13-10/h3-5,8H,6-7,12H2,1-2H3. The topological polar surface area (TPSA) is 56.0 Å². The fraction of sp³-hybridized carbons (Fsp3) is 0.455. The molecule has 0 fully saturated rings. The molecular formula is C11H16N2O. The van der Waals surface area contributed by atoms with Crippen molar-refractivity contribution in [2.45, 2.75) is 26.8 Å². The van der Waals surface area contributed by atoms with Gasteiger partial charge in [-0.1, -0.05) is 13.8 Å². The van der Waals surface area contributed by atoms with Crippen LogP contribution in [0.1, 0.15) is 25.1 Å². The van der Waals surface area contributed by atoms with Gasteiger partial charge >= 0.3 is 0 Å². The molecule has 2 N–H and O–H groups in total. The van der Waals surface area contributed by atoms with Crippen LogP contribution in [-0.4, -0.2) is 10.8 Å². The second kappa shape index (κ2) is 4.86. The summed E-state index contributed by atoms with van der Waals surface area (Å²) in [6.07, 6.45) is 2.11. The second-order valence-electron chi connectivity index (χ2n) is 3.66. The van der Waals surface area contributed by atoms with Crippen LogP contribution in [0.5, 0.6) is 0 Å². The van der Waals surface area contributed by atoms with E-state index < -0.39 is 0 Å². The molecule has 0 unspecified atom stereocenters. The number of ketones is 1. The van der Waals surface area contributed by atoms with Crippen molar-refractivity contribution < 1.29 is 4.79 Å². The van der Waals surface area contributed by atoms with Crippen LogP contribution >= 0.6 is 0 Å². The summed E-state index contributed by atoms with van der Waals surface area (Å²) < 4.78 is 0. The Morgan fingerprint density at radius 2 is 2.29 bits per heavy atom. The van der Waals surface area contributed by atoms with Gasteiger partial charge in [0.15, 0.2) is 0 Å². The fourth-order valence-electron chi connectivity index (χ4n) is 1.13. The fourth-order valence-corrected chi connectivity index (χ4v) is 1.13. The predicted octanol–water partition coefficient (Wildman–Crippen LogP) is 1.31. The number of carbonyl (C=O) groups excluding carboxylic acids is 1. The molecule has 0 bridgehead atoms. The van der Waals surface area contributed by atoms with Crippen LogP contribution in [0.2, 0.25) is 0 Å². The van der Waals surface area contributed by atoms with Crippen molar-refractivity contribution in [3.8, 4) is 0 Å². The van der Waals surface area contributed by atoms with Crippen molar-refractivity contribution in [2.75, 3.05) is 0 Å². The molecule has 0 saturated heterocycles. The van der Waals surface area contributed by atoms with E-state index in [1.807, 2.05) is 26.0 Å². The van der Waals surface area contributed by atoms with Crippen molar-refractivity contribution in [1.82, 2.24) is 4.98 Å². The minimum absolute atomic E-state index is 0.0679. The van der Waals surface area contributed by atoms with Crippen molar-refractivity contribution in [1.29, 1.82) is 0 Å². The Balaban J connectivity index is 2.72. The highest BCUT2D eigenvalue weighted by molar-refractivity contribution is 5.82. The number of nitrogens with zero attached hydrogens (tertiary/aromatic N) is 1. The third-order valence-corrected chi connectivity index (χ3v) is 2.12. The number of nitrogens with two attached hydrogens (primary N) is 1. The van der Waals surface area contributed by atoms with E-state index >= 15 is 0 Å². The average molecular weight is 192 g/mol. The van der Waals surface area contributed by atoms with Crippen LogP contribution in [0.25, 0.3) is 0 Å². The first-order valence-electron chi connectivity index (χ1n) is 4.80. The average Bonchev–Trinajstić information content (AvgIpc) is 2.18. The molecule has 1 rings (SSSR count). The SMILES string of the molecule is CC(C)C(=O)Cc1cc(CN)ccn1. The molecule has 0 aliphatic rings. The highest BCUT2D eigenvalue weighted by Gasteiger charge is 2.08. The van der Waals surface area contributed by atoms with Gasteiger partial charge < -0.3 is 5.73 Å². The van der Waals surface area contributed by atoms with E-state index in [-0.39, 0.29) is 11.7 Å². The molecular weight excluding hydrogens is 176 g/mol. The van der Waals surface area contributed by atoms with E-state index in [4.69, 9.17) is 5.73 Å². The Labute approximate surface area is 84.3 Å². The summed E-state index contributed by atoms with van der Waals surface area (Å²) in [5, 5.41) is 0. The summed E-state index contributed by atoms with van der Waals surface area (Å²) in [6.45, 7) is 4.29. The lowest BCUT2D eigenvalue weighted by Crippen LogP contribution is -2.11. The number of hydrogen-bond acceptors (Lipinski definition) is 3. The molecule has 14 heavy (non-hydrogen) atoms. The molecule has 0 amide bonds. The van der Waals surface area contributed by atoms with E-state index in [9.17, 15) is 4.79 Å². The van der Waals surface area contributed by atoms with E-state index in [2.05, 4.69) is 4.98 Å². The Morgan fingerprint density at radius 3 is 2.86 bits per heavy atom. The van der Waals surface area contributed by atoms with Crippen LogP contribution in [0.4, 0.5) is 0 Å². The molecule has 3 heteroatoms. The Kier molecular flexibility index (Phi) is 3.77. The van der Waals surface area contributed by atoms with Gasteiger partial charge in [-0.15, -0.1) is 0 Å². The monoisotopic (exact) mass is 192 g/mol. The summed E-state index contributed by atoms with van der Waals surface area (Å²) in [4.78, 5) is 15.6. The van der Waals surface area contributed by atoms with Crippen molar-refractivity contribution in [3.63, 3.8) is 0 Å². The summed E-state index contributed by atoms with van der Waals surface area (Å²) in [5.41, 5.74) is 7.33. The third-order valence-electron chi connectivity index (χ3n) is 2.12. The molecule has 1 heterocycles. The molecule has 1 aromatic heterocycles. The van der Waals surface area contributed by atoms with Gasteiger partial charge in [-0.05, 0) is 17.7 Å². The van der Waals surface area contributed by atoms with E-state index in [0.717, 1.165) is 11.3 Å². The first-order valence-corrected chi connectivity index (χ1v) is 4.80. The van der Waals surface area contributed by atoms with E-state index in [1.54, 1.807) is 6.20 Å². The van der Waals surface area contributed by atoms with Crippen LogP contribution < -0.4 is 5.73 Å². The molecule has 0 atom stereocenters. The number of carbonyl (C=O) groups is 1. The number of aromatic nitrogens is 1. The van der Waals surface area contributed by atoms with Crippen LogP contribution in [0.3, 0.4) is 0 Å². The van der Waals surface area contributed by atoms with Gasteiger partial charge in [0.1, 0.15) is 5.78 Å².